The minimum atomic E-state index is 0.0549. The van der Waals surface area contributed by atoms with Gasteiger partial charge >= 0.3 is 0 Å². The molecule has 1 amide bonds. The molecule has 1 rings (SSSR count). The monoisotopic (exact) mass is 234 g/mol. The molecule has 0 heterocycles. The van der Waals surface area contributed by atoms with E-state index in [1.165, 1.54) is 5.56 Å². The zero-order chi connectivity index (χ0) is 12.7. The molecule has 3 heteroatoms. The van der Waals surface area contributed by atoms with E-state index in [0.29, 0.717) is 12.6 Å². The lowest BCUT2D eigenvalue weighted by Crippen LogP contribution is -2.37. The van der Waals surface area contributed by atoms with E-state index in [0.717, 1.165) is 18.5 Å². The van der Waals surface area contributed by atoms with Crippen LogP contribution in [0.2, 0.25) is 0 Å². The number of nitrogens with one attached hydrogen (secondary N) is 2. The second kappa shape index (κ2) is 6.94. The summed E-state index contributed by atoms with van der Waals surface area (Å²) in [6.45, 7) is 6.55. The zero-order valence-electron chi connectivity index (χ0n) is 10.9. The Morgan fingerprint density at radius 1 is 1.18 bits per heavy atom. The summed E-state index contributed by atoms with van der Waals surface area (Å²) < 4.78 is 0. The van der Waals surface area contributed by atoms with Crippen molar-refractivity contribution in [1.29, 1.82) is 0 Å². The first-order valence-electron chi connectivity index (χ1n) is 6.25. The fraction of sp³-hybridized carbons (Fsp3) is 0.500. The van der Waals surface area contributed by atoms with Gasteiger partial charge in [-0.2, -0.15) is 0 Å². The number of amides is 1. The first kappa shape index (κ1) is 13.6. The lowest BCUT2D eigenvalue weighted by molar-refractivity contribution is -0.120. The molecule has 0 aliphatic heterocycles. The maximum absolute atomic E-state index is 11.6. The van der Waals surface area contributed by atoms with Crippen LogP contribution < -0.4 is 10.6 Å². The van der Waals surface area contributed by atoms with E-state index in [1.54, 1.807) is 0 Å². The van der Waals surface area contributed by atoms with Gasteiger partial charge in [0.15, 0.2) is 0 Å². The molecule has 0 spiro atoms. The van der Waals surface area contributed by atoms with Crippen LogP contribution in [0.3, 0.4) is 0 Å². The van der Waals surface area contributed by atoms with E-state index in [9.17, 15) is 4.79 Å². The van der Waals surface area contributed by atoms with E-state index in [1.807, 2.05) is 31.2 Å². The molecule has 0 radical (unpaired) electrons. The molecule has 2 N–H and O–H groups in total. The summed E-state index contributed by atoms with van der Waals surface area (Å²) in [5, 5.41) is 6.11. The summed E-state index contributed by atoms with van der Waals surface area (Å²) in [7, 11) is 0. The van der Waals surface area contributed by atoms with E-state index < -0.39 is 0 Å². The Bertz CT molecular complexity index is 342. The minimum absolute atomic E-state index is 0.0549. The quantitative estimate of drug-likeness (QED) is 0.794. The lowest BCUT2D eigenvalue weighted by Gasteiger charge is -2.15. The Labute approximate surface area is 104 Å². The Hall–Kier alpha value is -1.51. The molecule has 0 aromatic heterocycles. The fourth-order valence-electron chi connectivity index (χ4n) is 1.63. The standard InChI is InChI=1S/C14H22N2O/c1-4-12(5-2)16-14(17)10-15-13-8-6-11(3)7-9-13/h6-9,12,15H,4-5,10H2,1-3H3,(H,16,17). The summed E-state index contributed by atoms with van der Waals surface area (Å²) in [6, 6.07) is 8.32. The number of benzene rings is 1. The van der Waals surface area contributed by atoms with Crippen LogP contribution in [0.1, 0.15) is 32.3 Å². The van der Waals surface area contributed by atoms with E-state index in [4.69, 9.17) is 0 Å². The average Bonchev–Trinajstić information content (AvgIpc) is 2.35. The largest absolute Gasteiger partial charge is 0.376 e. The second-order valence-electron chi connectivity index (χ2n) is 4.30. The molecule has 3 nitrogen and oxygen atoms in total. The van der Waals surface area contributed by atoms with Gasteiger partial charge in [0.05, 0.1) is 6.54 Å². The Kier molecular flexibility index (Phi) is 5.53. The van der Waals surface area contributed by atoms with Gasteiger partial charge in [0.2, 0.25) is 5.91 Å². The van der Waals surface area contributed by atoms with Gasteiger partial charge < -0.3 is 10.6 Å². The van der Waals surface area contributed by atoms with E-state index in [-0.39, 0.29) is 5.91 Å². The summed E-state index contributed by atoms with van der Waals surface area (Å²) in [4.78, 5) is 11.6. The second-order valence-corrected chi connectivity index (χ2v) is 4.30. The molecular formula is C14H22N2O. The van der Waals surface area contributed by atoms with Crippen molar-refractivity contribution in [3.8, 4) is 0 Å². The van der Waals surface area contributed by atoms with E-state index >= 15 is 0 Å². The summed E-state index contributed by atoms with van der Waals surface area (Å²) >= 11 is 0. The number of aryl methyl sites for hydroxylation is 1. The number of anilines is 1. The Balaban J connectivity index is 2.35. The summed E-state index contributed by atoms with van der Waals surface area (Å²) in [5.74, 6) is 0.0549. The van der Waals surface area contributed by atoms with Crippen molar-refractivity contribution in [2.75, 3.05) is 11.9 Å². The van der Waals surface area contributed by atoms with Crippen LogP contribution in [-0.4, -0.2) is 18.5 Å². The highest BCUT2D eigenvalue weighted by atomic mass is 16.1. The first-order valence-corrected chi connectivity index (χ1v) is 6.25. The minimum Gasteiger partial charge on any atom is -0.376 e. The number of hydrogen-bond acceptors (Lipinski definition) is 2. The van der Waals surface area contributed by atoms with Gasteiger partial charge in [-0.25, -0.2) is 0 Å². The highest BCUT2D eigenvalue weighted by molar-refractivity contribution is 5.80. The summed E-state index contributed by atoms with van der Waals surface area (Å²) in [6.07, 6.45) is 1.96. The highest BCUT2D eigenvalue weighted by Gasteiger charge is 2.07. The van der Waals surface area contributed by atoms with Crippen LogP contribution in [0.4, 0.5) is 5.69 Å². The number of hydrogen-bond donors (Lipinski definition) is 2. The molecular weight excluding hydrogens is 212 g/mol. The topological polar surface area (TPSA) is 41.1 Å². The predicted octanol–water partition coefficient (Wildman–Crippen LogP) is 2.71. The predicted molar refractivity (Wildman–Crippen MR) is 72.2 cm³/mol. The molecule has 0 atom stereocenters. The maximum Gasteiger partial charge on any atom is 0.239 e. The van der Waals surface area contributed by atoms with Crippen LogP contribution in [0.15, 0.2) is 24.3 Å². The van der Waals surface area contributed by atoms with Gasteiger partial charge in [0.1, 0.15) is 0 Å². The third kappa shape index (κ3) is 4.89. The average molecular weight is 234 g/mol. The van der Waals surface area contributed by atoms with Gasteiger partial charge in [-0.15, -0.1) is 0 Å². The molecule has 1 aromatic rings. The van der Waals surface area contributed by atoms with Crippen molar-refractivity contribution in [3.05, 3.63) is 29.8 Å². The van der Waals surface area contributed by atoms with Crippen LogP contribution in [0, 0.1) is 6.92 Å². The van der Waals surface area contributed by atoms with Crippen LogP contribution in [-0.2, 0) is 4.79 Å². The number of carbonyl (C=O) groups excluding carboxylic acids is 1. The van der Waals surface area contributed by atoms with Crippen LogP contribution in [0.5, 0.6) is 0 Å². The number of carbonyl (C=O) groups is 1. The maximum atomic E-state index is 11.6. The van der Waals surface area contributed by atoms with Crippen molar-refractivity contribution in [2.24, 2.45) is 0 Å². The normalized spacial score (nSPS) is 10.4. The molecule has 0 aliphatic carbocycles. The van der Waals surface area contributed by atoms with Gasteiger partial charge in [0, 0.05) is 11.7 Å². The van der Waals surface area contributed by atoms with Crippen molar-refractivity contribution in [2.45, 2.75) is 39.7 Å². The van der Waals surface area contributed by atoms with Gasteiger partial charge in [-0.1, -0.05) is 31.5 Å². The molecule has 1 aromatic carbocycles. The summed E-state index contributed by atoms with van der Waals surface area (Å²) in [5.41, 5.74) is 2.20. The SMILES string of the molecule is CCC(CC)NC(=O)CNc1ccc(C)cc1. The molecule has 0 saturated heterocycles. The molecule has 0 unspecified atom stereocenters. The smallest absolute Gasteiger partial charge is 0.239 e. The molecule has 0 aliphatic rings. The van der Waals surface area contributed by atoms with Crippen LogP contribution >= 0.6 is 0 Å². The fourth-order valence-corrected chi connectivity index (χ4v) is 1.63. The van der Waals surface area contributed by atoms with Crippen molar-refractivity contribution >= 4 is 11.6 Å². The first-order chi connectivity index (χ1) is 8.15. The molecule has 17 heavy (non-hydrogen) atoms. The van der Waals surface area contributed by atoms with Gasteiger partial charge in [-0.05, 0) is 31.9 Å². The van der Waals surface area contributed by atoms with Crippen molar-refractivity contribution < 1.29 is 4.79 Å². The van der Waals surface area contributed by atoms with Crippen molar-refractivity contribution in [1.82, 2.24) is 5.32 Å². The van der Waals surface area contributed by atoms with Gasteiger partial charge in [-0.3, -0.25) is 4.79 Å². The Morgan fingerprint density at radius 2 is 1.76 bits per heavy atom. The van der Waals surface area contributed by atoms with Crippen LogP contribution in [0.25, 0.3) is 0 Å². The molecule has 0 saturated carbocycles. The van der Waals surface area contributed by atoms with Gasteiger partial charge in [0.25, 0.3) is 0 Å². The zero-order valence-corrected chi connectivity index (χ0v) is 10.9. The third-order valence-corrected chi connectivity index (χ3v) is 2.86. The van der Waals surface area contributed by atoms with E-state index in [2.05, 4.69) is 24.5 Å². The molecule has 0 fully saturated rings. The lowest BCUT2D eigenvalue weighted by atomic mass is 10.2. The third-order valence-electron chi connectivity index (χ3n) is 2.86. The molecule has 0 bridgehead atoms. The highest BCUT2D eigenvalue weighted by Crippen LogP contribution is 2.07. The van der Waals surface area contributed by atoms with Crippen molar-refractivity contribution in [3.63, 3.8) is 0 Å². The Morgan fingerprint density at radius 3 is 2.29 bits per heavy atom. The molecule has 94 valence electrons. The number of rotatable bonds is 6.